The van der Waals surface area contributed by atoms with Crippen molar-refractivity contribution in [1.29, 1.82) is 0 Å². The maximum atomic E-state index is 13.3. The van der Waals surface area contributed by atoms with Gasteiger partial charge >= 0.3 is 0 Å². The largest absolute Gasteiger partial charge is 0.390 e. The van der Waals surface area contributed by atoms with Gasteiger partial charge in [0, 0.05) is 16.7 Å². The summed E-state index contributed by atoms with van der Waals surface area (Å²) in [5, 5.41) is 65.6. The first-order valence-electron chi connectivity index (χ1n) is 13.0. The molecular formula is C27H44O7. The number of aliphatic hydroxyl groups is 6. The molecule has 0 radical (unpaired) electrons. The van der Waals surface area contributed by atoms with E-state index in [-0.39, 0.29) is 24.0 Å². The van der Waals surface area contributed by atoms with Crippen molar-refractivity contribution in [2.75, 3.05) is 0 Å². The SMILES string of the molecule is CC(C)(O)CCC[C@](C)(O)[C@H]1CC[C@@]2(O)C3=CC(=O)[C@@H]4C[C@@H](O)[C@@H](O)[C@@H](O)[C@]4(C)[C@H]3CC[C@]12C. The van der Waals surface area contributed by atoms with Crippen molar-refractivity contribution < 1.29 is 35.4 Å². The molecule has 194 valence electrons. The molecule has 0 aromatic heterocycles. The molecule has 0 aromatic rings. The minimum Gasteiger partial charge on any atom is -0.390 e. The Morgan fingerprint density at radius 3 is 2.26 bits per heavy atom. The number of allylic oxidation sites excluding steroid dienone is 1. The van der Waals surface area contributed by atoms with E-state index in [1.165, 1.54) is 0 Å². The molecule has 3 fully saturated rings. The summed E-state index contributed by atoms with van der Waals surface area (Å²) in [6.45, 7) is 9.17. The molecule has 0 aromatic carbocycles. The third-order valence-electron chi connectivity index (χ3n) is 10.5. The van der Waals surface area contributed by atoms with Gasteiger partial charge in [-0.05, 0) is 95.6 Å². The highest BCUT2D eigenvalue weighted by Crippen LogP contribution is 2.68. The Morgan fingerprint density at radius 2 is 1.65 bits per heavy atom. The molecule has 4 aliphatic carbocycles. The summed E-state index contributed by atoms with van der Waals surface area (Å²) >= 11 is 0. The predicted octanol–water partition coefficient (Wildman–Crippen LogP) is 1.85. The summed E-state index contributed by atoms with van der Waals surface area (Å²) in [6.07, 6.45) is 1.94. The zero-order chi connectivity index (χ0) is 25.5. The summed E-state index contributed by atoms with van der Waals surface area (Å²) in [5.74, 6) is -1.29. The first-order valence-corrected chi connectivity index (χ1v) is 13.0. The zero-order valence-electron chi connectivity index (χ0n) is 21.3. The van der Waals surface area contributed by atoms with Gasteiger partial charge in [-0.3, -0.25) is 4.79 Å². The van der Waals surface area contributed by atoms with E-state index in [0.717, 1.165) is 0 Å². The lowest BCUT2D eigenvalue weighted by molar-refractivity contribution is -0.201. The van der Waals surface area contributed by atoms with Gasteiger partial charge in [-0.25, -0.2) is 0 Å². The Hall–Kier alpha value is -0.830. The molecular weight excluding hydrogens is 436 g/mol. The van der Waals surface area contributed by atoms with E-state index in [9.17, 15) is 35.4 Å². The van der Waals surface area contributed by atoms with Crippen LogP contribution in [-0.4, -0.2) is 71.5 Å². The molecule has 0 heterocycles. The second-order valence-corrected chi connectivity index (χ2v) is 13.1. The Balaban J connectivity index is 1.67. The van der Waals surface area contributed by atoms with Crippen LogP contribution in [0.5, 0.6) is 0 Å². The fourth-order valence-electron chi connectivity index (χ4n) is 8.45. The van der Waals surface area contributed by atoms with Crippen LogP contribution >= 0.6 is 0 Å². The standard InChI is InChI=1S/C27H44O7/c1-23(2,32)9-6-10-25(4,33)20-8-12-27(34)16-13-18(28)17-14-19(29)21(30)22(31)26(17,5)15(16)7-11-24(20,27)3/h13,15,17,19-22,29-34H,6-12,14H2,1-5H3/t15-,17-,19+,20-,21+,22+,24+,25-,26+,27+/m0/s1. The van der Waals surface area contributed by atoms with Crippen LogP contribution in [0.3, 0.4) is 0 Å². The average Bonchev–Trinajstić information content (AvgIpc) is 3.00. The lowest BCUT2D eigenvalue weighted by atomic mass is 9.45. The number of aliphatic hydroxyl groups excluding tert-OH is 3. The van der Waals surface area contributed by atoms with E-state index in [1.807, 2.05) is 20.8 Å². The number of hydrogen-bond donors (Lipinski definition) is 6. The molecule has 0 saturated heterocycles. The van der Waals surface area contributed by atoms with E-state index >= 15 is 0 Å². The van der Waals surface area contributed by atoms with Gasteiger partial charge in [-0.2, -0.15) is 0 Å². The number of carbonyl (C=O) groups excluding carboxylic acids is 1. The Kier molecular flexibility index (Phi) is 6.24. The maximum absolute atomic E-state index is 13.3. The minimum absolute atomic E-state index is 0.0993. The van der Waals surface area contributed by atoms with Gasteiger partial charge in [-0.15, -0.1) is 0 Å². The molecule has 0 amide bonds. The fourth-order valence-corrected chi connectivity index (χ4v) is 8.45. The van der Waals surface area contributed by atoms with E-state index in [2.05, 4.69) is 0 Å². The van der Waals surface area contributed by atoms with E-state index < -0.39 is 51.9 Å². The summed E-state index contributed by atoms with van der Waals surface area (Å²) in [6, 6.07) is 0. The topological polar surface area (TPSA) is 138 Å². The Bertz CT molecular complexity index is 860. The van der Waals surface area contributed by atoms with Gasteiger partial charge in [0.15, 0.2) is 5.78 Å². The van der Waals surface area contributed by atoms with Gasteiger partial charge in [0.2, 0.25) is 0 Å². The third kappa shape index (κ3) is 3.65. The van der Waals surface area contributed by atoms with Crippen molar-refractivity contribution in [2.45, 2.75) is 121 Å². The molecule has 7 heteroatoms. The highest BCUT2D eigenvalue weighted by molar-refractivity contribution is 5.95. The summed E-state index contributed by atoms with van der Waals surface area (Å²) in [7, 11) is 0. The van der Waals surface area contributed by atoms with Crippen LogP contribution in [0.1, 0.15) is 86.0 Å². The number of rotatable bonds is 5. The fraction of sp³-hybridized carbons (Fsp3) is 0.889. The lowest BCUT2D eigenvalue weighted by Gasteiger charge is -2.61. The van der Waals surface area contributed by atoms with E-state index in [1.54, 1.807) is 19.9 Å². The number of carbonyl (C=O) groups is 1. The summed E-state index contributed by atoms with van der Waals surface area (Å²) in [5.41, 5.74) is -4.10. The summed E-state index contributed by atoms with van der Waals surface area (Å²) in [4.78, 5) is 13.3. The Labute approximate surface area is 202 Å². The van der Waals surface area contributed by atoms with Crippen molar-refractivity contribution in [3.8, 4) is 0 Å². The molecule has 0 spiro atoms. The first-order chi connectivity index (χ1) is 15.5. The monoisotopic (exact) mass is 480 g/mol. The van der Waals surface area contributed by atoms with Crippen LogP contribution in [0.4, 0.5) is 0 Å². The molecule has 0 aliphatic heterocycles. The number of ketones is 1. The van der Waals surface area contributed by atoms with Crippen LogP contribution in [-0.2, 0) is 4.79 Å². The molecule has 0 bridgehead atoms. The normalized spacial score (nSPS) is 48.4. The van der Waals surface area contributed by atoms with Gasteiger partial charge in [0.05, 0.1) is 29.0 Å². The molecule has 7 nitrogen and oxygen atoms in total. The average molecular weight is 481 g/mol. The van der Waals surface area contributed by atoms with Crippen molar-refractivity contribution in [3.63, 3.8) is 0 Å². The van der Waals surface area contributed by atoms with Gasteiger partial charge < -0.3 is 30.6 Å². The highest BCUT2D eigenvalue weighted by atomic mass is 16.4. The van der Waals surface area contributed by atoms with Crippen molar-refractivity contribution >= 4 is 5.78 Å². The van der Waals surface area contributed by atoms with Crippen molar-refractivity contribution in [3.05, 3.63) is 11.6 Å². The predicted molar refractivity (Wildman–Crippen MR) is 127 cm³/mol. The van der Waals surface area contributed by atoms with Gasteiger partial charge in [0.25, 0.3) is 0 Å². The van der Waals surface area contributed by atoms with Crippen LogP contribution in [0.2, 0.25) is 0 Å². The zero-order valence-corrected chi connectivity index (χ0v) is 21.3. The molecule has 34 heavy (non-hydrogen) atoms. The second kappa shape index (κ2) is 8.09. The molecule has 3 saturated carbocycles. The van der Waals surface area contributed by atoms with E-state index in [4.69, 9.17) is 0 Å². The summed E-state index contributed by atoms with van der Waals surface area (Å²) < 4.78 is 0. The maximum Gasteiger partial charge on any atom is 0.159 e. The number of fused-ring (bicyclic) bond motifs is 5. The van der Waals surface area contributed by atoms with Crippen molar-refractivity contribution in [1.82, 2.24) is 0 Å². The minimum atomic E-state index is -1.33. The van der Waals surface area contributed by atoms with Gasteiger partial charge in [-0.1, -0.05) is 13.8 Å². The molecule has 10 atom stereocenters. The lowest BCUT2D eigenvalue weighted by Crippen LogP contribution is -2.66. The van der Waals surface area contributed by atoms with E-state index in [0.29, 0.717) is 50.5 Å². The van der Waals surface area contributed by atoms with Crippen LogP contribution < -0.4 is 0 Å². The van der Waals surface area contributed by atoms with Crippen LogP contribution in [0.25, 0.3) is 0 Å². The molecule has 4 aliphatic rings. The van der Waals surface area contributed by atoms with Crippen LogP contribution in [0.15, 0.2) is 11.6 Å². The second-order valence-electron chi connectivity index (χ2n) is 13.1. The van der Waals surface area contributed by atoms with Crippen LogP contribution in [0, 0.1) is 28.6 Å². The first kappa shape index (κ1) is 26.2. The Morgan fingerprint density at radius 1 is 1.00 bits per heavy atom. The molecule has 4 rings (SSSR count). The number of hydrogen-bond acceptors (Lipinski definition) is 7. The smallest absolute Gasteiger partial charge is 0.159 e. The van der Waals surface area contributed by atoms with Gasteiger partial charge in [0.1, 0.15) is 6.10 Å². The third-order valence-corrected chi connectivity index (χ3v) is 10.5. The highest BCUT2D eigenvalue weighted by Gasteiger charge is 2.69. The quantitative estimate of drug-likeness (QED) is 0.353. The molecule has 0 unspecified atom stereocenters. The molecule has 6 N–H and O–H groups in total. The van der Waals surface area contributed by atoms with Crippen molar-refractivity contribution in [2.24, 2.45) is 28.6 Å².